The number of rotatable bonds is 4. The van der Waals surface area contributed by atoms with Crippen molar-refractivity contribution in [2.24, 2.45) is 0 Å². The quantitative estimate of drug-likeness (QED) is 0.661. The smallest absolute Gasteiger partial charge is 0.438 e. The lowest BCUT2D eigenvalue weighted by molar-refractivity contribution is -0.142. The second-order valence-electron chi connectivity index (χ2n) is 7.64. The van der Waals surface area contributed by atoms with E-state index in [4.69, 9.17) is 9.47 Å². The van der Waals surface area contributed by atoms with E-state index in [1.165, 1.54) is 13.0 Å². The molecule has 10 heteroatoms. The molecule has 0 fully saturated rings. The summed E-state index contributed by atoms with van der Waals surface area (Å²) < 4.78 is 51.8. The summed E-state index contributed by atoms with van der Waals surface area (Å²) >= 11 is 0. The number of carbonyl (C=O) groups is 1. The first-order valence-electron chi connectivity index (χ1n) is 9.83. The Balaban J connectivity index is 1.69. The fraction of sp³-hybridized carbons (Fsp3) is 0.318. The highest BCUT2D eigenvalue weighted by Crippen LogP contribution is 2.32. The highest BCUT2D eigenvalue weighted by atomic mass is 19.4. The topological polar surface area (TPSA) is 82.5 Å². The van der Waals surface area contributed by atoms with Crippen LogP contribution in [-0.4, -0.2) is 22.3 Å². The molecule has 0 saturated heterocycles. The van der Waals surface area contributed by atoms with Crippen molar-refractivity contribution in [3.8, 4) is 11.5 Å². The second-order valence-corrected chi connectivity index (χ2v) is 7.64. The van der Waals surface area contributed by atoms with Crippen LogP contribution in [0.25, 0.3) is 11.0 Å². The molecule has 32 heavy (non-hydrogen) atoms. The number of fused-ring (bicyclic) bond motifs is 2. The van der Waals surface area contributed by atoms with E-state index in [0.717, 1.165) is 15.7 Å². The molecule has 0 unspecified atom stereocenters. The third-order valence-electron chi connectivity index (χ3n) is 5.44. The van der Waals surface area contributed by atoms with Crippen molar-refractivity contribution < 1.29 is 27.4 Å². The Hall–Kier alpha value is -3.56. The number of nitrogens with zero attached hydrogens (tertiary/aromatic N) is 2. The average molecular weight is 447 g/mol. The normalized spacial score (nSPS) is 13.9. The minimum absolute atomic E-state index is 0.00422. The number of aromatic nitrogens is 2. The van der Waals surface area contributed by atoms with Gasteiger partial charge in [-0.1, -0.05) is 6.07 Å². The Morgan fingerprint density at radius 1 is 1.16 bits per heavy atom. The van der Waals surface area contributed by atoms with E-state index in [9.17, 15) is 22.8 Å². The molecule has 0 aliphatic carbocycles. The summed E-state index contributed by atoms with van der Waals surface area (Å²) in [6, 6.07) is 6.99. The fourth-order valence-electron chi connectivity index (χ4n) is 3.53. The minimum atomic E-state index is -4.95. The van der Waals surface area contributed by atoms with Gasteiger partial charge in [0.15, 0.2) is 11.5 Å². The van der Waals surface area contributed by atoms with Crippen molar-refractivity contribution in [3.63, 3.8) is 0 Å². The number of hydrogen-bond acceptors (Lipinski definition) is 5. The molecule has 7 nitrogen and oxygen atoms in total. The maximum Gasteiger partial charge on any atom is 0.438 e. The average Bonchev–Trinajstić information content (AvgIpc) is 3.19. The lowest BCUT2D eigenvalue weighted by Crippen LogP contribution is -2.39. The first-order chi connectivity index (χ1) is 15.1. The van der Waals surface area contributed by atoms with Crippen molar-refractivity contribution in [1.82, 2.24) is 14.9 Å². The second kappa shape index (κ2) is 7.85. The summed E-state index contributed by atoms with van der Waals surface area (Å²) in [6.45, 7) is 5.10. The molecule has 3 aromatic rings. The van der Waals surface area contributed by atoms with Crippen LogP contribution in [0.2, 0.25) is 0 Å². The highest BCUT2D eigenvalue weighted by Gasteiger charge is 2.38. The van der Waals surface area contributed by atoms with Crippen LogP contribution in [0.1, 0.15) is 35.3 Å². The van der Waals surface area contributed by atoms with Crippen LogP contribution in [0.3, 0.4) is 0 Å². The Kier molecular flexibility index (Phi) is 5.31. The van der Waals surface area contributed by atoms with E-state index in [0.29, 0.717) is 17.1 Å². The zero-order valence-corrected chi connectivity index (χ0v) is 17.5. The predicted molar refractivity (Wildman–Crippen MR) is 110 cm³/mol. The van der Waals surface area contributed by atoms with Crippen molar-refractivity contribution >= 4 is 16.9 Å². The largest absolute Gasteiger partial charge is 0.454 e. The van der Waals surface area contributed by atoms with Gasteiger partial charge in [0.05, 0.1) is 11.0 Å². The molecule has 0 spiro atoms. The van der Waals surface area contributed by atoms with Crippen LogP contribution >= 0.6 is 0 Å². The number of nitrogens with one attached hydrogen (secondary N) is 1. The summed E-state index contributed by atoms with van der Waals surface area (Å²) in [5.74, 6) is 0.527. The van der Waals surface area contributed by atoms with E-state index in [1.807, 2.05) is 0 Å². The van der Waals surface area contributed by atoms with Gasteiger partial charge in [0.1, 0.15) is 6.04 Å². The van der Waals surface area contributed by atoms with E-state index in [2.05, 4.69) is 10.3 Å². The third kappa shape index (κ3) is 3.88. The summed E-state index contributed by atoms with van der Waals surface area (Å²) in [5.41, 5.74) is -0.553. The molecular formula is C22H20F3N3O4. The van der Waals surface area contributed by atoms with E-state index in [-0.39, 0.29) is 24.4 Å². The molecule has 0 radical (unpaired) electrons. The number of amides is 1. The first kappa shape index (κ1) is 21.7. The summed E-state index contributed by atoms with van der Waals surface area (Å²) in [6.07, 6.45) is -4.95. The van der Waals surface area contributed by atoms with Gasteiger partial charge < -0.3 is 14.8 Å². The molecule has 0 saturated carbocycles. The lowest BCUT2D eigenvalue weighted by Gasteiger charge is -2.20. The molecule has 2 aromatic carbocycles. The monoisotopic (exact) mass is 447 g/mol. The first-order valence-corrected chi connectivity index (χ1v) is 9.83. The SMILES string of the molecule is Cc1cc2nc(C(F)(F)F)c(=O)n([C@@H](C)C(=O)NCc3ccc4c(c3)OCO4)c2cc1C. The molecular weight excluding hydrogens is 427 g/mol. The van der Waals surface area contributed by atoms with Gasteiger partial charge in [-0.15, -0.1) is 0 Å². The van der Waals surface area contributed by atoms with Crippen molar-refractivity contribution in [3.05, 3.63) is 63.1 Å². The van der Waals surface area contributed by atoms with E-state index in [1.54, 1.807) is 38.1 Å². The summed E-state index contributed by atoms with van der Waals surface area (Å²) in [5, 5.41) is 2.67. The van der Waals surface area contributed by atoms with Gasteiger partial charge in [-0.2, -0.15) is 13.2 Å². The number of benzene rings is 2. The molecule has 1 aromatic heterocycles. The van der Waals surface area contributed by atoms with E-state index >= 15 is 0 Å². The molecule has 1 atom stereocenters. The Labute approximate surface area is 180 Å². The molecule has 1 N–H and O–H groups in total. The van der Waals surface area contributed by atoms with Gasteiger partial charge in [-0.3, -0.25) is 14.2 Å². The number of halogens is 3. The van der Waals surface area contributed by atoms with Gasteiger partial charge >= 0.3 is 6.18 Å². The number of ether oxygens (including phenoxy) is 2. The van der Waals surface area contributed by atoms with Crippen molar-refractivity contribution in [2.75, 3.05) is 6.79 Å². The highest BCUT2D eigenvalue weighted by molar-refractivity contribution is 5.84. The number of aryl methyl sites for hydroxylation is 2. The third-order valence-corrected chi connectivity index (χ3v) is 5.44. The maximum absolute atomic E-state index is 13.5. The number of alkyl halides is 3. The Bertz CT molecular complexity index is 1280. The van der Waals surface area contributed by atoms with Crippen LogP contribution in [0, 0.1) is 13.8 Å². The van der Waals surface area contributed by atoms with Crippen LogP contribution in [-0.2, 0) is 17.5 Å². The number of hydrogen-bond donors (Lipinski definition) is 1. The van der Waals surface area contributed by atoms with Gasteiger partial charge in [-0.05, 0) is 61.7 Å². The minimum Gasteiger partial charge on any atom is -0.454 e. The number of carbonyl (C=O) groups excluding carboxylic acids is 1. The van der Waals surface area contributed by atoms with Gasteiger partial charge in [0.2, 0.25) is 18.4 Å². The summed E-state index contributed by atoms with van der Waals surface area (Å²) in [4.78, 5) is 29.1. The molecule has 4 rings (SSSR count). The van der Waals surface area contributed by atoms with Gasteiger partial charge in [0.25, 0.3) is 5.56 Å². The molecule has 168 valence electrons. The zero-order valence-electron chi connectivity index (χ0n) is 17.5. The molecule has 2 heterocycles. The molecule has 1 aliphatic heterocycles. The Morgan fingerprint density at radius 3 is 2.56 bits per heavy atom. The summed E-state index contributed by atoms with van der Waals surface area (Å²) in [7, 11) is 0. The standard InChI is InChI=1S/C22H20F3N3O4/c1-11-6-15-16(7-12(11)2)28(21(30)19(27-15)22(23,24)25)13(3)20(29)26-9-14-4-5-17-18(8-14)32-10-31-17/h4-8,13H,9-10H2,1-3H3,(H,26,29)/t13-/m0/s1. The van der Waals surface area contributed by atoms with Crippen molar-refractivity contribution in [1.29, 1.82) is 0 Å². The fourth-order valence-corrected chi connectivity index (χ4v) is 3.53. The van der Waals surface area contributed by atoms with Crippen LogP contribution in [0.15, 0.2) is 35.1 Å². The predicted octanol–water partition coefficient (Wildman–Crippen LogP) is 3.64. The van der Waals surface area contributed by atoms with Crippen LogP contribution in [0.5, 0.6) is 11.5 Å². The zero-order chi connectivity index (χ0) is 23.2. The molecule has 1 amide bonds. The van der Waals surface area contributed by atoms with Crippen LogP contribution < -0.4 is 20.3 Å². The molecule has 0 bridgehead atoms. The van der Waals surface area contributed by atoms with Gasteiger partial charge in [-0.25, -0.2) is 4.98 Å². The maximum atomic E-state index is 13.5. The van der Waals surface area contributed by atoms with Gasteiger partial charge in [0, 0.05) is 6.54 Å². The lowest BCUT2D eigenvalue weighted by atomic mass is 10.1. The Morgan fingerprint density at radius 2 is 1.84 bits per heavy atom. The molecule has 1 aliphatic rings. The van der Waals surface area contributed by atoms with Crippen LogP contribution in [0.4, 0.5) is 13.2 Å². The van der Waals surface area contributed by atoms with E-state index < -0.39 is 29.4 Å². The van der Waals surface area contributed by atoms with Crippen molar-refractivity contribution in [2.45, 2.75) is 39.5 Å².